The van der Waals surface area contributed by atoms with Gasteiger partial charge in [-0.2, -0.15) is 0 Å². The molecule has 5 rings (SSSR count). The Bertz CT molecular complexity index is 1280. The van der Waals surface area contributed by atoms with E-state index in [0.29, 0.717) is 42.0 Å². The van der Waals surface area contributed by atoms with Gasteiger partial charge in [0.15, 0.2) is 0 Å². The molecule has 35 heavy (non-hydrogen) atoms. The number of nitrogens with one attached hydrogen (secondary N) is 1. The number of nitrogens with zero attached hydrogens (tertiary/aromatic N) is 2. The van der Waals surface area contributed by atoms with Crippen LogP contribution in [0.5, 0.6) is 0 Å². The molecule has 2 amide bonds. The summed E-state index contributed by atoms with van der Waals surface area (Å²) in [5.41, 5.74) is 2.88. The maximum atomic E-state index is 14.4. The van der Waals surface area contributed by atoms with Gasteiger partial charge in [-0.3, -0.25) is 9.59 Å². The van der Waals surface area contributed by atoms with E-state index in [9.17, 15) is 18.4 Å². The number of morpholine rings is 1. The first-order chi connectivity index (χ1) is 16.8. The lowest BCUT2D eigenvalue weighted by molar-refractivity contribution is -0.0249. The molecule has 180 valence electrons. The van der Waals surface area contributed by atoms with E-state index in [4.69, 9.17) is 4.74 Å². The first-order valence-corrected chi connectivity index (χ1v) is 11.6. The molecule has 3 heterocycles. The molecule has 8 heteroatoms. The molecule has 1 fully saturated rings. The number of amides is 2. The Balaban J connectivity index is 1.46. The molecule has 2 aromatic carbocycles. The van der Waals surface area contributed by atoms with Crippen LogP contribution in [0.15, 0.2) is 48.5 Å². The van der Waals surface area contributed by atoms with Crippen molar-refractivity contribution in [3.8, 4) is 11.3 Å². The van der Waals surface area contributed by atoms with Gasteiger partial charge in [0, 0.05) is 5.56 Å². The summed E-state index contributed by atoms with van der Waals surface area (Å²) in [5, 5.41) is 2.74. The Kier molecular flexibility index (Phi) is 6.06. The number of ether oxygens (including phenoxy) is 1. The first kappa shape index (κ1) is 23.1. The average molecular weight is 478 g/mol. The second-order valence-electron chi connectivity index (χ2n) is 9.09. The zero-order valence-electron chi connectivity index (χ0n) is 19.5. The fourth-order valence-electron chi connectivity index (χ4n) is 4.86. The van der Waals surface area contributed by atoms with Gasteiger partial charge in [0.25, 0.3) is 11.8 Å². The molecule has 1 saturated heterocycles. The van der Waals surface area contributed by atoms with Crippen molar-refractivity contribution in [1.82, 2.24) is 15.2 Å². The van der Waals surface area contributed by atoms with Crippen LogP contribution in [0.3, 0.4) is 0 Å². The Morgan fingerprint density at radius 3 is 2.37 bits per heavy atom. The lowest BCUT2D eigenvalue weighted by Crippen LogP contribution is -2.52. The molecule has 2 aliphatic heterocycles. The van der Waals surface area contributed by atoms with E-state index >= 15 is 0 Å². The van der Waals surface area contributed by atoms with Gasteiger partial charge in [-0.15, -0.1) is 0 Å². The summed E-state index contributed by atoms with van der Waals surface area (Å²) in [4.78, 5) is 31.8. The largest absolute Gasteiger partial charge is 0.377 e. The summed E-state index contributed by atoms with van der Waals surface area (Å²) in [6.07, 6.45) is 0.347. The van der Waals surface area contributed by atoms with Crippen LogP contribution in [0.4, 0.5) is 8.78 Å². The second kappa shape index (κ2) is 9.19. The van der Waals surface area contributed by atoms with Gasteiger partial charge in [-0.05, 0) is 61.7 Å². The van der Waals surface area contributed by atoms with Crippen molar-refractivity contribution in [2.45, 2.75) is 38.9 Å². The van der Waals surface area contributed by atoms with E-state index in [0.717, 1.165) is 5.56 Å². The minimum atomic E-state index is -0.713. The summed E-state index contributed by atoms with van der Waals surface area (Å²) in [5.74, 6) is -1.74. The molecule has 6 nitrogen and oxygen atoms in total. The fraction of sp³-hybridized carbons (Fsp3) is 0.296. The third-order valence-corrected chi connectivity index (χ3v) is 6.54. The van der Waals surface area contributed by atoms with E-state index in [1.54, 1.807) is 18.2 Å². The Morgan fingerprint density at radius 1 is 1.06 bits per heavy atom. The van der Waals surface area contributed by atoms with Crippen molar-refractivity contribution >= 4 is 11.8 Å². The number of halogens is 2. The molecule has 1 N–H and O–H groups in total. The van der Waals surface area contributed by atoms with Crippen molar-refractivity contribution in [2.24, 2.45) is 0 Å². The third-order valence-electron chi connectivity index (χ3n) is 6.54. The minimum absolute atomic E-state index is 0.0129. The molecule has 0 spiro atoms. The van der Waals surface area contributed by atoms with Gasteiger partial charge in [0.05, 0.1) is 54.4 Å². The van der Waals surface area contributed by atoms with E-state index < -0.39 is 11.6 Å². The number of fused-ring (bicyclic) bond motifs is 1. The molecule has 0 aliphatic carbocycles. The van der Waals surface area contributed by atoms with Crippen molar-refractivity contribution in [1.29, 1.82) is 0 Å². The number of carbonyl (C=O) groups is 2. The Labute approximate surface area is 201 Å². The monoisotopic (exact) mass is 477 g/mol. The van der Waals surface area contributed by atoms with Crippen LogP contribution >= 0.6 is 0 Å². The van der Waals surface area contributed by atoms with Crippen LogP contribution in [0, 0.1) is 11.6 Å². The van der Waals surface area contributed by atoms with Crippen LogP contribution in [0.1, 0.15) is 51.4 Å². The number of hydrogen-bond donors (Lipinski definition) is 1. The van der Waals surface area contributed by atoms with Crippen molar-refractivity contribution < 1.29 is 23.1 Å². The molecule has 2 atom stereocenters. The molecule has 0 radical (unpaired) electrons. The number of hydrogen-bond acceptors (Lipinski definition) is 4. The van der Waals surface area contributed by atoms with Gasteiger partial charge >= 0.3 is 0 Å². The maximum Gasteiger partial charge on any atom is 0.254 e. The van der Waals surface area contributed by atoms with Gasteiger partial charge in [0.2, 0.25) is 0 Å². The summed E-state index contributed by atoms with van der Waals surface area (Å²) in [6.45, 7) is 5.15. The van der Waals surface area contributed by atoms with E-state index in [1.807, 2.05) is 30.9 Å². The van der Waals surface area contributed by atoms with Gasteiger partial charge in [0.1, 0.15) is 11.6 Å². The standard InChI is InChI=1S/C27H25F2N3O3/c1-15-13-35-14-16(2)32(15)27(34)18-8-6-17(7-9-18)10-19-11-22(25-20(28)4-3-5-21(25)29)31-23-12-30-26(33)24(19)23/h3-9,11,15-16H,10,12-14H2,1-2H3,(H,30,33)/t15-,16-/m1/s1. The van der Waals surface area contributed by atoms with E-state index in [2.05, 4.69) is 10.3 Å². The lowest BCUT2D eigenvalue weighted by atomic mass is 9.96. The van der Waals surface area contributed by atoms with Crippen LogP contribution in [-0.2, 0) is 17.7 Å². The van der Waals surface area contributed by atoms with Gasteiger partial charge in [-0.1, -0.05) is 18.2 Å². The van der Waals surface area contributed by atoms with E-state index in [-0.39, 0.29) is 41.7 Å². The normalized spacial score (nSPS) is 19.4. The summed E-state index contributed by atoms with van der Waals surface area (Å²) < 4.78 is 34.4. The number of carbonyl (C=O) groups excluding carboxylic acids is 2. The third kappa shape index (κ3) is 4.30. The average Bonchev–Trinajstić information content (AvgIpc) is 3.20. The highest BCUT2D eigenvalue weighted by Crippen LogP contribution is 2.30. The lowest BCUT2D eigenvalue weighted by Gasteiger charge is -2.38. The maximum absolute atomic E-state index is 14.4. The predicted molar refractivity (Wildman–Crippen MR) is 126 cm³/mol. The Morgan fingerprint density at radius 2 is 1.71 bits per heavy atom. The zero-order chi connectivity index (χ0) is 24.7. The number of rotatable bonds is 4. The zero-order valence-corrected chi connectivity index (χ0v) is 19.5. The molecule has 0 bridgehead atoms. The number of pyridine rings is 1. The SMILES string of the molecule is C[C@@H]1COC[C@@H](C)N1C(=O)c1ccc(Cc2cc(-c3c(F)cccc3F)nc3c2C(=O)NC3)cc1. The van der Waals surface area contributed by atoms with Crippen molar-refractivity contribution in [3.05, 3.63) is 88.1 Å². The number of aromatic nitrogens is 1. The quantitative estimate of drug-likeness (QED) is 0.614. The predicted octanol–water partition coefficient (Wildman–Crippen LogP) is 4.11. The molecule has 3 aromatic rings. The fourth-order valence-corrected chi connectivity index (χ4v) is 4.86. The molecular formula is C27H25F2N3O3. The second-order valence-corrected chi connectivity index (χ2v) is 9.09. The Hall–Kier alpha value is -3.65. The smallest absolute Gasteiger partial charge is 0.254 e. The highest BCUT2D eigenvalue weighted by Gasteiger charge is 2.30. The van der Waals surface area contributed by atoms with Crippen LogP contribution in [0.25, 0.3) is 11.3 Å². The molecule has 0 unspecified atom stereocenters. The van der Waals surface area contributed by atoms with Crippen LogP contribution in [-0.4, -0.2) is 47.0 Å². The highest BCUT2D eigenvalue weighted by atomic mass is 19.1. The molecular weight excluding hydrogens is 452 g/mol. The molecule has 2 aliphatic rings. The van der Waals surface area contributed by atoms with Crippen LogP contribution < -0.4 is 5.32 Å². The van der Waals surface area contributed by atoms with Gasteiger partial charge < -0.3 is 15.0 Å². The molecule has 0 saturated carbocycles. The summed E-state index contributed by atoms with van der Waals surface area (Å²) >= 11 is 0. The van der Waals surface area contributed by atoms with Crippen molar-refractivity contribution in [2.75, 3.05) is 13.2 Å². The summed E-state index contributed by atoms with van der Waals surface area (Å²) in [7, 11) is 0. The van der Waals surface area contributed by atoms with E-state index in [1.165, 1.54) is 18.2 Å². The first-order valence-electron chi connectivity index (χ1n) is 11.6. The van der Waals surface area contributed by atoms with Gasteiger partial charge in [-0.25, -0.2) is 13.8 Å². The van der Waals surface area contributed by atoms with Crippen LogP contribution in [0.2, 0.25) is 0 Å². The topological polar surface area (TPSA) is 71.5 Å². The minimum Gasteiger partial charge on any atom is -0.377 e. The van der Waals surface area contributed by atoms with Crippen molar-refractivity contribution in [3.63, 3.8) is 0 Å². The number of benzene rings is 2. The molecule has 1 aromatic heterocycles. The summed E-state index contributed by atoms with van der Waals surface area (Å²) in [6, 6.07) is 12.4. The highest BCUT2D eigenvalue weighted by molar-refractivity contribution is 5.99.